The summed E-state index contributed by atoms with van der Waals surface area (Å²) in [4.78, 5) is 15.4. The third-order valence-corrected chi connectivity index (χ3v) is 4.93. The van der Waals surface area contributed by atoms with E-state index >= 15 is 0 Å². The second-order valence-corrected chi connectivity index (χ2v) is 6.75. The molecule has 0 spiro atoms. The van der Waals surface area contributed by atoms with Crippen LogP contribution in [0.15, 0.2) is 36.7 Å². The summed E-state index contributed by atoms with van der Waals surface area (Å²) < 4.78 is 2.28. The van der Waals surface area contributed by atoms with Crippen LogP contribution >= 0.6 is 0 Å². The summed E-state index contributed by atoms with van der Waals surface area (Å²) in [7, 11) is 0. The number of nitrogens with one attached hydrogen (secondary N) is 1. The van der Waals surface area contributed by atoms with Gasteiger partial charge in [0, 0.05) is 31.4 Å². The number of nitrogens with zero attached hydrogens (tertiary/aromatic N) is 4. The molecular weight excluding hydrogens is 298 g/mol. The van der Waals surface area contributed by atoms with Crippen molar-refractivity contribution in [1.29, 1.82) is 0 Å². The summed E-state index contributed by atoms with van der Waals surface area (Å²) in [5.74, 6) is 2.81. The molecule has 1 saturated heterocycles. The zero-order valence-electron chi connectivity index (χ0n) is 14.3. The molecular formula is C19H25N5. The molecule has 5 nitrogen and oxygen atoms in total. The first-order valence-corrected chi connectivity index (χ1v) is 9.00. The van der Waals surface area contributed by atoms with Gasteiger partial charge in [-0.2, -0.15) is 0 Å². The van der Waals surface area contributed by atoms with Gasteiger partial charge >= 0.3 is 0 Å². The molecule has 1 aliphatic rings. The topological polar surface area (TPSA) is 49.7 Å². The molecule has 0 amide bonds. The highest BCUT2D eigenvalue weighted by Gasteiger charge is 2.24. The molecule has 1 aliphatic heterocycles. The van der Waals surface area contributed by atoms with Crippen LogP contribution in [0.1, 0.15) is 43.8 Å². The first-order chi connectivity index (χ1) is 11.8. The molecule has 1 atom stereocenters. The van der Waals surface area contributed by atoms with E-state index in [1.807, 2.05) is 12.3 Å². The molecule has 0 bridgehead atoms. The highest BCUT2D eigenvalue weighted by atomic mass is 15.2. The van der Waals surface area contributed by atoms with E-state index in [2.05, 4.69) is 50.8 Å². The summed E-state index contributed by atoms with van der Waals surface area (Å²) in [5.41, 5.74) is 2.21. The molecule has 1 fully saturated rings. The van der Waals surface area contributed by atoms with Gasteiger partial charge in [-0.3, -0.25) is 4.90 Å². The van der Waals surface area contributed by atoms with Gasteiger partial charge in [0.2, 0.25) is 0 Å². The molecule has 0 saturated carbocycles. The molecule has 1 aromatic carbocycles. The van der Waals surface area contributed by atoms with Crippen LogP contribution in [-0.2, 0) is 13.1 Å². The molecule has 3 aromatic rings. The minimum Gasteiger partial charge on any atom is -0.342 e. The minimum absolute atomic E-state index is 0.487. The SMILES string of the molecule is CCCn1ccnc1CN1CCC[C@@H](c2nc3ccccc3[nH]2)C1. The fraction of sp³-hybridized carbons (Fsp3) is 0.474. The minimum atomic E-state index is 0.487. The van der Waals surface area contributed by atoms with Crippen molar-refractivity contribution in [2.75, 3.05) is 13.1 Å². The number of aromatic amines is 1. The van der Waals surface area contributed by atoms with Crippen molar-refractivity contribution in [1.82, 2.24) is 24.4 Å². The summed E-state index contributed by atoms with van der Waals surface area (Å²) in [6.45, 7) is 6.40. The molecule has 24 heavy (non-hydrogen) atoms. The Balaban J connectivity index is 1.48. The van der Waals surface area contributed by atoms with Crippen LogP contribution in [0.3, 0.4) is 0 Å². The molecule has 5 heteroatoms. The van der Waals surface area contributed by atoms with E-state index in [0.717, 1.165) is 49.5 Å². The first kappa shape index (κ1) is 15.4. The maximum atomic E-state index is 4.81. The predicted molar refractivity (Wildman–Crippen MR) is 95.9 cm³/mol. The Labute approximate surface area is 142 Å². The van der Waals surface area contributed by atoms with E-state index in [9.17, 15) is 0 Å². The molecule has 0 aliphatic carbocycles. The Morgan fingerprint density at radius 1 is 1.29 bits per heavy atom. The highest BCUT2D eigenvalue weighted by molar-refractivity contribution is 5.74. The van der Waals surface area contributed by atoms with Gasteiger partial charge < -0.3 is 9.55 Å². The number of aromatic nitrogens is 4. The monoisotopic (exact) mass is 323 g/mol. The van der Waals surface area contributed by atoms with Gasteiger partial charge in [0.15, 0.2) is 0 Å². The third-order valence-electron chi connectivity index (χ3n) is 4.93. The van der Waals surface area contributed by atoms with Crippen LogP contribution in [0.4, 0.5) is 0 Å². The van der Waals surface area contributed by atoms with Gasteiger partial charge in [0.1, 0.15) is 11.6 Å². The van der Waals surface area contributed by atoms with Crippen molar-refractivity contribution >= 4 is 11.0 Å². The summed E-state index contributed by atoms with van der Waals surface area (Å²) in [5, 5.41) is 0. The van der Waals surface area contributed by atoms with Crippen molar-refractivity contribution in [2.24, 2.45) is 0 Å². The Hall–Kier alpha value is -2.14. The molecule has 126 valence electrons. The third kappa shape index (κ3) is 3.08. The number of likely N-dealkylation sites (tertiary alicyclic amines) is 1. The smallest absolute Gasteiger partial charge is 0.122 e. The number of benzene rings is 1. The van der Waals surface area contributed by atoms with E-state index in [1.165, 1.54) is 18.7 Å². The molecule has 3 heterocycles. The maximum Gasteiger partial charge on any atom is 0.122 e. The number of fused-ring (bicyclic) bond motifs is 1. The zero-order chi connectivity index (χ0) is 16.4. The Bertz CT molecular complexity index is 770. The van der Waals surface area contributed by atoms with E-state index < -0.39 is 0 Å². The number of imidazole rings is 2. The van der Waals surface area contributed by atoms with Crippen LogP contribution < -0.4 is 0 Å². The van der Waals surface area contributed by atoms with Crippen LogP contribution in [-0.4, -0.2) is 37.5 Å². The Morgan fingerprint density at radius 2 is 2.21 bits per heavy atom. The predicted octanol–water partition coefficient (Wildman–Crippen LogP) is 3.55. The fourth-order valence-corrected chi connectivity index (χ4v) is 3.72. The highest BCUT2D eigenvalue weighted by Crippen LogP contribution is 2.27. The number of hydrogen-bond donors (Lipinski definition) is 1. The first-order valence-electron chi connectivity index (χ1n) is 9.00. The number of para-hydroxylation sites is 2. The molecule has 2 aromatic heterocycles. The van der Waals surface area contributed by atoms with Gasteiger partial charge in [0.05, 0.1) is 17.6 Å². The lowest BCUT2D eigenvalue weighted by Gasteiger charge is -2.31. The van der Waals surface area contributed by atoms with Crippen LogP contribution in [0, 0.1) is 0 Å². The van der Waals surface area contributed by atoms with Crippen LogP contribution in [0.5, 0.6) is 0 Å². The average Bonchev–Trinajstić information content (AvgIpc) is 3.22. The number of H-pyrrole nitrogens is 1. The van der Waals surface area contributed by atoms with Crippen LogP contribution in [0.25, 0.3) is 11.0 Å². The maximum absolute atomic E-state index is 4.81. The quantitative estimate of drug-likeness (QED) is 0.781. The van der Waals surface area contributed by atoms with Crippen molar-refractivity contribution < 1.29 is 0 Å². The molecule has 4 rings (SSSR count). The number of hydrogen-bond acceptors (Lipinski definition) is 3. The van der Waals surface area contributed by atoms with Gasteiger partial charge in [-0.15, -0.1) is 0 Å². The second-order valence-electron chi connectivity index (χ2n) is 6.75. The van der Waals surface area contributed by atoms with Crippen molar-refractivity contribution in [3.8, 4) is 0 Å². The van der Waals surface area contributed by atoms with Crippen molar-refractivity contribution in [3.05, 3.63) is 48.3 Å². The zero-order valence-corrected chi connectivity index (χ0v) is 14.3. The van der Waals surface area contributed by atoms with E-state index in [1.54, 1.807) is 0 Å². The lowest BCUT2D eigenvalue weighted by Crippen LogP contribution is -2.35. The van der Waals surface area contributed by atoms with Crippen molar-refractivity contribution in [2.45, 2.75) is 45.2 Å². The fourth-order valence-electron chi connectivity index (χ4n) is 3.72. The average molecular weight is 323 g/mol. The largest absolute Gasteiger partial charge is 0.342 e. The number of piperidine rings is 1. The number of aryl methyl sites for hydroxylation is 1. The summed E-state index contributed by atoms with van der Waals surface area (Å²) >= 11 is 0. The van der Waals surface area contributed by atoms with E-state index in [4.69, 9.17) is 4.98 Å². The molecule has 0 radical (unpaired) electrons. The standard InChI is InChI=1S/C19H25N5/c1-2-10-24-12-9-20-18(24)14-23-11-5-6-15(13-23)19-21-16-7-3-4-8-17(16)22-19/h3-4,7-9,12,15H,2,5-6,10-11,13-14H2,1H3,(H,21,22)/t15-/m1/s1. The summed E-state index contributed by atoms with van der Waals surface area (Å²) in [6, 6.07) is 8.30. The van der Waals surface area contributed by atoms with Crippen LogP contribution in [0.2, 0.25) is 0 Å². The van der Waals surface area contributed by atoms with Crippen molar-refractivity contribution in [3.63, 3.8) is 0 Å². The lowest BCUT2D eigenvalue weighted by molar-refractivity contribution is 0.190. The van der Waals surface area contributed by atoms with Gasteiger partial charge in [-0.25, -0.2) is 9.97 Å². The number of rotatable bonds is 5. The van der Waals surface area contributed by atoms with E-state index in [-0.39, 0.29) is 0 Å². The normalized spacial score (nSPS) is 19.1. The summed E-state index contributed by atoms with van der Waals surface area (Å²) in [6.07, 6.45) is 7.59. The van der Waals surface area contributed by atoms with Gasteiger partial charge in [-0.1, -0.05) is 19.1 Å². The van der Waals surface area contributed by atoms with Gasteiger partial charge in [-0.05, 0) is 37.9 Å². The molecule has 1 N–H and O–H groups in total. The molecule has 0 unspecified atom stereocenters. The second kappa shape index (κ2) is 6.77. The Morgan fingerprint density at radius 3 is 3.08 bits per heavy atom. The lowest BCUT2D eigenvalue weighted by atomic mass is 9.97. The van der Waals surface area contributed by atoms with Gasteiger partial charge in [0.25, 0.3) is 0 Å². The Kier molecular flexibility index (Phi) is 4.34. The van der Waals surface area contributed by atoms with E-state index in [0.29, 0.717) is 5.92 Å².